The topological polar surface area (TPSA) is 58.6 Å². The van der Waals surface area contributed by atoms with Crippen molar-refractivity contribution in [1.82, 2.24) is 0 Å². The molecule has 0 saturated carbocycles. The van der Waals surface area contributed by atoms with E-state index in [-0.39, 0.29) is 40.4 Å². The Hall–Kier alpha value is -1.11. The zero-order valence-electron chi connectivity index (χ0n) is 9.63. The van der Waals surface area contributed by atoms with Crippen LogP contribution in [0.2, 0.25) is 10.0 Å². The Morgan fingerprint density at radius 3 is 2.42 bits per heavy atom. The predicted octanol–water partition coefficient (Wildman–Crippen LogP) is 3.31. The van der Waals surface area contributed by atoms with Crippen molar-refractivity contribution in [2.24, 2.45) is 0 Å². The lowest BCUT2D eigenvalue weighted by molar-refractivity contribution is -0.116. The number of hydrogen-bond donors (Lipinski definition) is 2. The third-order valence-corrected chi connectivity index (χ3v) is 2.61. The van der Waals surface area contributed by atoms with Gasteiger partial charge >= 0.3 is 6.61 Å². The maximum atomic E-state index is 12.1. The lowest BCUT2D eigenvalue weighted by atomic mass is 10.2. The molecule has 4 nitrogen and oxygen atoms in total. The van der Waals surface area contributed by atoms with Crippen molar-refractivity contribution in [2.45, 2.75) is 19.5 Å². The molecule has 2 N–H and O–H groups in total. The van der Waals surface area contributed by atoms with Crippen LogP contribution in [0.15, 0.2) is 12.1 Å². The van der Waals surface area contributed by atoms with E-state index in [9.17, 15) is 13.6 Å². The maximum Gasteiger partial charge on any atom is 0.387 e. The molecule has 19 heavy (non-hydrogen) atoms. The van der Waals surface area contributed by atoms with E-state index >= 15 is 0 Å². The highest BCUT2D eigenvalue weighted by Crippen LogP contribution is 2.36. The Balaban J connectivity index is 2.80. The largest absolute Gasteiger partial charge is 0.432 e. The molecular formula is C11H11Cl2F2NO3. The summed E-state index contributed by atoms with van der Waals surface area (Å²) in [6.45, 7) is -3.14. The van der Waals surface area contributed by atoms with Crippen molar-refractivity contribution in [3.05, 3.63) is 22.2 Å². The lowest BCUT2D eigenvalue weighted by Crippen LogP contribution is -2.12. The third kappa shape index (κ3) is 5.18. The fourth-order valence-corrected chi connectivity index (χ4v) is 1.87. The fourth-order valence-electron chi connectivity index (χ4n) is 1.30. The number of alkyl halides is 2. The van der Waals surface area contributed by atoms with E-state index in [0.29, 0.717) is 6.42 Å². The fraction of sp³-hybridized carbons (Fsp3) is 0.364. The van der Waals surface area contributed by atoms with Crippen LogP contribution in [0.1, 0.15) is 12.8 Å². The maximum absolute atomic E-state index is 12.1. The van der Waals surface area contributed by atoms with Gasteiger partial charge in [-0.25, -0.2) is 0 Å². The number of aliphatic hydroxyl groups is 1. The molecule has 0 unspecified atom stereocenters. The lowest BCUT2D eigenvalue weighted by Gasteiger charge is -2.11. The average Bonchev–Trinajstić information content (AvgIpc) is 2.31. The van der Waals surface area contributed by atoms with Gasteiger partial charge in [-0.2, -0.15) is 8.78 Å². The zero-order valence-corrected chi connectivity index (χ0v) is 11.1. The quantitative estimate of drug-likeness (QED) is 0.847. The number of hydrogen-bond acceptors (Lipinski definition) is 3. The van der Waals surface area contributed by atoms with E-state index in [1.165, 1.54) is 12.1 Å². The van der Waals surface area contributed by atoms with Crippen LogP contribution in [-0.4, -0.2) is 24.2 Å². The van der Waals surface area contributed by atoms with Crippen molar-refractivity contribution >= 4 is 34.8 Å². The van der Waals surface area contributed by atoms with Crippen LogP contribution in [0.5, 0.6) is 5.75 Å². The van der Waals surface area contributed by atoms with Crippen LogP contribution < -0.4 is 10.1 Å². The van der Waals surface area contributed by atoms with E-state index in [1.807, 2.05) is 0 Å². The molecule has 0 atom stereocenters. The van der Waals surface area contributed by atoms with Crippen LogP contribution in [0, 0.1) is 0 Å². The van der Waals surface area contributed by atoms with Gasteiger partial charge in [0.1, 0.15) is 0 Å². The van der Waals surface area contributed by atoms with Gasteiger partial charge in [-0.15, -0.1) is 0 Å². The summed E-state index contributed by atoms with van der Waals surface area (Å²) in [5.41, 5.74) is 0.263. The predicted molar refractivity (Wildman–Crippen MR) is 68.0 cm³/mol. The molecule has 1 amide bonds. The molecule has 1 aromatic carbocycles. The molecule has 1 aromatic rings. The second kappa shape index (κ2) is 7.47. The minimum Gasteiger partial charge on any atom is -0.432 e. The van der Waals surface area contributed by atoms with E-state index in [2.05, 4.69) is 10.1 Å². The number of ether oxygens (including phenoxy) is 1. The van der Waals surface area contributed by atoms with Gasteiger partial charge in [0.05, 0.1) is 10.0 Å². The molecule has 1 rings (SSSR count). The van der Waals surface area contributed by atoms with Crippen LogP contribution in [0.3, 0.4) is 0 Å². The smallest absolute Gasteiger partial charge is 0.387 e. The number of rotatable bonds is 6. The number of amides is 1. The van der Waals surface area contributed by atoms with Gasteiger partial charge in [-0.1, -0.05) is 23.2 Å². The Kier molecular flexibility index (Phi) is 6.27. The third-order valence-electron chi connectivity index (χ3n) is 2.05. The summed E-state index contributed by atoms with van der Waals surface area (Å²) in [6.07, 6.45) is 0.445. The molecule has 0 spiro atoms. The van der Waals surface area contributed by atoms with Gasteiger partial charge < -0.3 is 15.2 Å². The Labute approximate surface area is 118 Å². The Morgan fingerprint density at radius 1 is 1.37 bits per heavy atom. The number of carbonyl (C=O) groups is 1. The minimum atomic E-state index is -3.04. The monoisotopic (exact) mass is 313 g/mol. The second-order valence-electron chi connectivity index (χ2n) is 3.52. The van der Waals surface area contributed by atoms with Crippen LogP contribution in [0.4, 0.5) is 14.5 Å². The van der Waals surface area contributed by atoms with Gasteiger partial charge in [-0.3, -0.25) is 4.79 Å². The highest BCUT2D eigenvalue weighted by atomic mass is 35.5. The van der Waals surface area contributed by atoms with E-state index in [1.54, 1.807) is 0 Å². The summed E-state index contributed by atoms with van der Waals surface area (Å²) in [5, 5.41) is 10.8. The van der Waals surface area contributed by atoms with E-state index in [0.717, 1.165) is 0 Å². The number of benzene rings is 1. The molecule has 0 heterocycles. The number of anilines is 1. The van der Waals surface area contributed by atoms with E-state index < -0.39 is 6.61 Å². The molecule has 0 aliphatic carbocycles. The summed E-state index contributed by atoms with van der Waals surface area (Å²) in [4.78, 5) is 11.4. The van der Waals surface area contributed by atoms with Crippen molar-refractivity contribution < 1.29 is 23.4 Å². The molecule has 0 radical (unpaired) electrons. The molecule has 8 heteroatoms. The van der Waals surface area contributed by atoms with Crippen molar-refractivity contribution in [3.63, 3.8) is 0 Å². The number of halogens is 4. The van der Waals surface area contributed by atoms with Gasteiger partial charge in [0.25, 0.3) is 0 Å². The Bertz CT molecular complexity index is 435. The summed E-state index contributed by atoms with van der Waals surface area (Å²) in [6, 6.07) is 2.50. The molecule has 0 aliphatic rings. The summed E-state index contributed by atoms with van der Waals surface area (Å²) >= 11 is 11.5. The first-order valence-electron chi connectivity index (χ1n) is 5.28. The number of aliphatic hydroxyl groups excluding tert-OH is 1. The first-order valence-corrected chi connectivity index (χ1v) is 6.04. The first-order chi connectivity index (χ1) is 8.93. The van der Waals surface area contributed by atoms with Crippen LogP contribution in [0.25, 0.3) is 0 Å². The summed E-state index contributed by atoms with van der Waals surface area (Å²) < 4.78 is 28.4. The van der Waals surface area contributed by atoms with Crippen LogP contribution in [-0.2, 0) is 4.79 Å². The standard InChI is InChI=1S/C11H11Cl2F2NO3/c12-7-4-6(16-9(18)2-1-3-17)5-8(13)10(7)19-11(14)15/h4-5,11,17H,1-3H2,(H,16,18). The van der Waals surface area contributed by atoms with Crippen molar-refractivity contribution in [2.75, 3.05) is 11.9 Å². The van der Waals surface area contributed by atoms with Gasteiger partial charge in [0.2, 0.25) is 5.91 Å². The van der Waals surface area contributed by atoms with E-state index in [4.69, 9.17) is 28.3 Å². The molecule has 106 valence electrons. The molecule has 0 saturated heterocycles. The Morgan fingerprint density at radius 2 is 1.95 bits per heavy atom. The molecule has 0 bridgehead atoms. The second-order valence-corrected chi connectivity index (χ2v) is 4.34. The number of nitrogens with one attached hydrogen (secondary N) is 1. The normalized spacial score (nSPS) is 10.6. The zero-order chi connectivity index (χ0) is 14.4. The summed E-state index contributed by atoms with van der Waals surface area (Å²) in [7, 11) is 0. The number of carbonyl (C=O) groups excluding carboxylic acids is 1. The van der Waals surface area contributed by atoms with Gasteiger partial charge in [0, 0.05) is 18.7 Å². The van der Waals surface area contributed by atoms with Crippen LogP contribution >= 0.6 is 23.2 Å². The molecule has 0 aromatic heterocycles. The highest BCUT2D eigenvalue weighted by Gasteiger charge is 2.15. The molecular weight excluding hydrogens is 303 g/mol. The van der Waals surface area contributed by atoms with Gasteiger partial charge in [0.15, 0.2) is 5.75 Å². The minimum absolute atomic E-state index is 0.101. The molecule has 0 aliphatic heterocycles. The highest BCUT2D eigenvalue weighted by molar-refractivity contribution is 6.37. The van der Waals surface area contributed by atoms with Crippen molar-refractivity contribution in [3.8, 4) is 5.75 Å². The molecule has 0 fully saturated rings. The SMILES string of the molecule is O=C(CCCO)Nc1cc(Cl)c(OC(F)F)c(Cl)c1. The average molecular weight is 314 g/mol. The van der Waals surface area contributed by atoms with Crippen molar-refractivity contribution in [1.29, 1.82) is 0 Å². The first kappa shape index (κ1) is 15.9. The summed E-state index contributed by atoms with van der Waals surface area (Å²) in [5.74, 6) is -0.685. The van der Waals surface area contributed by atoms with Gasteiger partial charge in [-0.05, 0) is 18.6 Å².